The van der Waals surface area contributed by atoms with E-state index in [0.29, 0.717) is 5.69 Å². The molecule has 0 bridgehead atoms. The number of nitrogens with one attached hydrogen (secondary N) is 1. The standard InChI is InChI=1S/C12H13NO5/c1-17-11(15)7-10(14)13-9-6-4-3-5-8(9)12(16)18-2/h3-6H,7H2,1-2H3,(H,13,14). The highest BCUT2D eigenvalue weighted by Gasteiger charge is 2.15. The molecule has 1 rings (SSSR count). The van der Waals surface area contributed by atoms with Crippen LogP contribution in [0.25, 0.3) is 0 Å². The zero-order valence-electron chi connectivity index (χ0n) is 10.1. The van der Waals surface area contributed by atoms with Crippen molar-refractivity contribution in [3.63, 3.8) is 0 Å². The third-order valence-electron chi connectivity index (χ3n) is 2.14. The van der Waals surface area contributed by atoms with Crippen molar-refractivity contribution < 1.29 is 23.9 Å². The van der Waals surface area contributed by atoms with Crippen LogP contribution in [-0.4, -0.2) is 32.1 Å². The zero-order chi connectivity index (χ0) is 13.5. The average Bonchev–Trinajstić information content (AvgIpc) is 2.38. The fourth-order valence-electron chi connectivity index (χ4n) is 1.28. The Labute approximate surface area is 104 Å². The highest BCUT2D eigenvalue weighted by molar-refractivity contribution is 6.05. The van der Waals surface area contributed by atoms with Gasteiger partial charge in [-0.3, -0.25) is 9.59 Å². The summed E-state index contributed by atoms with van der Waals surface area (Å²) >= 11 is 0. The van der Waals surface area contributed by atoms with E-state index >= 15 is 0 Å². The molecule has 0 unspecified atom stereocenters. The Balaban J connectivity index is 2.81. The van der Waals surface area contributed by atoms with Crippen molar-refractivity contribution in [2.24, 2.45) is 0 Å². The van der Waals surface area contributed by atoms with Gasteiger partial charge in [0, 0.05) is 0 Å². The van der Waals surface area contributed by atoms with E-state index in [1.165, 1.54) is 20.3 Å². The third-order valence-corrected chi connectivity index (χ3v) is 2.14. The molecular formula is C12H13NO5. The predicted molar refractivity (Wildman–Crippen MR) is 63.0 cm³/mol. The molecule has 1 amide bonds. The molecule has 1 aromatic carbocycles. The first-order valence-corrected chi connectivity index (χ1v) is 5.12. The van der Waals surface area contributed by atoms with E-state index in [2.05, 4.69) is 14.8 Å². The largest absolute Gasteiger partial charge is 0.469 e. The second-order valence-corrected chi connectivity index (χ2v) is 3.34. The summed E-state index contributed by atoms with van der Waals surface area (Å²) in [6.45, 7) is 0. The topological polar surface area (TPSA) is 81.7 Å². The van der Waals surface area contributed by atoms with Gasteiger partial charge in [0.1, 0.15) is 6.42 Å². The molecule has 0 aliphatic heterocycles. The molecule has 0 radical (unpaired) electrons. The Morgan fingerprint density at radius 1 is 1.11 bits per heavy atom. The Kier molecular flexibility index (Phi) is 4.86. The average molecular weight is 251 g/mol. The van der Waals surface area contributed by atoms with Crippen LogP contribution in [0.4, 0.5) is 5.69 Å². The first-order valence-electron chi connectivity index (χ1n) is 5.12. The third kappa shape index (κ3) is 3.58. The normalized spacial score (nSPS) is 9.44. The molecule has 96 valence electrons. The van der Waals surface area contributed by atoms with Gasteiger partial charge in [-0.15, -0.1) is 0 Å². The minimum Gasteiger partial charge on any atom is -0.469 e. The van der Waals surface area contributed by atoms with Crippen LogP contribution >= 0.6 is 0 Å². The molecule has 1 aromatic rings. The number of rotatable bonds is 4. The molecule has 0 fully saturated rings. The summed E-state index contributed by atoms with van der Waals surface area (Å²) in [5.74, 6) is -1.77. The number of hydrogen-bond acceptors (Lipinski definition) is 5. The summed E-state index contributed by atoms with van der Waals surface area (Å²) in [5, 5.41) is 2.45. The van der Waals surface area contributed by atoms with Crippen LogP contribution < -0.4 is 5.32 Å². The fraction of sp³-hybridized carbons (Fsp3) is 0.250. The first-order chi connectivity index (χ1) is 8.58. The molecule has 0 heterocycles. The van der Waals surface area contributed by atoms with Gasteiger partial charge in [-0.05, 0) is 12.1 Å². The van der Waals surface area contributed by atoms with Crippen molar-refractivity contribution in [2.45, 2.75) is 6.42 Å². The number of esters is 2. The Morgan fingerprint density at radius 3 is 2.39 bits per heavy atom. The van der Waals surface area contributed by atoms with E-state index in [9.17, 15) is 14.4 Å². The van der Waals surface area contributed by atoms with Crippen molar-refractivity contribution in [1.82, 2.24) is 0 Å². The van der Waals surface area contributed by atoms with Crippen LogP contribution in [-0.2, 0) is 19.1 Å². The second kappa shape index (κ2) is 6.39. The van der Waals surface area contributed by atoms with E-state index in [0.717, 1.165) is 0 Å². The number of carbonyl (C=O) groups is 3. The first kappa shape index (κ1) is 13.7. The number of para-hydroxylation sites is 1. The summed E-state index contributed by atoms with van der Waals surface area (Å²) in [4.78, 5) is 33.8. The van der Waals surface area contributed by atoms with Crippen LogP contribution in [0.1, 0.15) is 16.8 Å². The molecule has 0 atom stereocenters. The van der Waals surface area contributed by atoms with Gasteiger partial charge >= 0.3 is 11.9 Å². The summed E-state index contributed by atoms with van der Waals surface area (Å²) in [7, 11) is 2.44. The van der Waals surface area contributed by atoms with Gasteiger partial charge in [-0.1, -0.05) is 12.1 Å². The fourth-order valence-corrected chi connectivity index (χ4v) is 1.28. The van der Waals surface area contributed by atoms with Crippen molar-refractivity contribution in [2.75, 3.05) is 19.5 Å². The lowest BCUT2D eigenvalue weighted by Crippen LogP contribution is -2.19. The van der Waals surface area contributed by atoms with Crippen molar-refractivity contribution in [1.29, 1.82) is 0 Å². The highest BCUT2D eigenvalue weighted by Crippen LogP contribution is 2.16. The smallest absolute Gasteiger partial charge is 0.339 e. The Hall–Kier alpha value is -2.37. The lowest BCUT2D eigenvalue weighted by atomic mass is 10.1. The highest BCUT2D eigenvalue weighted by atomic mass is 16.5. The molecule has 0 saturated heterocycles. The minimum absolute atomic E-state index is 0.221. The second-order valence-electron chi connectivity index (χ2n) is 3.34. The molecular weight excluding hydrogens is 238 g/mol. The molecule has 6 heteroatoms. The maximum Gasteiger partial charge on any atom is 0.339 e. The van der Waals surface area contributed by atoms with E-state index in [1.54, 1.807) is 18.2 Å². The van der Waals surface area contributed by atoms with Crippen LogP contribution in [0.15, 0.2) is 24.3 Å². The number of amides is 1. The SMILES string of the molecule is COC(=O)CC(=O)Nc1ccccc1C(=O)OC. The van der Waals surface area contributed by atoms with Crippen molar-refractivity contribution >= 4 is 23.5 Å². The van der Waals surface area contributed by atoms with Gasteiger partial charge in [0.05, 0.1) is 25.5 Å². The van der Waals surface area contributed by atoms with Gasteiger partial charge in [0.15, 0.2) is 0 Å². The molecule has 0 saturated carbocycles. The summed E-state index contributed by atoms with van der Waals surface area (Å²) in [5.41, 5.74) is 0.511. The van der Waals surface area contributed by atoms with E-state index in [-0.39, 0.29) is 5.56 Å². The monoisotopic (exact) mass is 251 g/mol. The number of anilines is 1. The lowest BCUT2D eigenvalue weighted by Gasteiger charge is -2.08. The van der Waals surface area contributed by atoms with Crippen molar-refractivity contribution in [3.05, 3.63) is 29.8 Å². The predicted octanol–water partition coefficient (Wildman–Crippen LogP) is 0.975. The van der Waals surface area contributed by atoms with Crippen LogP contribution in [0.3, 0.4) is 0 Å². The van der Waals surface area contributed by atoms with Gasteiger partial charge in [-0.2, -0.15) is 0 Å². The van der Waals surface area contributed by atoms with E-state index in [4.69, 9.17) is 0 Å². The molecule has 6 nitrogen and oxygen atoms in total. The maximum absolute atomic E-state index is 11.5. The van der Waals surface area contributed by atoms with Crippen molar-refractivity contribution in [3.8, 4) is 0 Å². The Morgan fingerprint density at radius 2 is 1.78 bits per heavy atom. The molecule has 18 heavy (non-hydrogen) atoms. The molecule has 0 aliphatic carbocycles. The maximum atomic E-state index is 11.5. The quantitative estimate of drug-likeness (QED) is 0.637. The zero-order valence-corrected chi connectivity index (χ0v) is 10.1. The number of benzene rings is 1. The van der Waals surface area contributed by atoms with Crippen LogP contribution in [0.2, 0.25) is 0 Å². The van der Waals surface area contributed by atoms with E-state index < -0.39 is 24.3 Å². The van der Waals surface area contributed by atoms with Gasteiger partial charge in [0.2, 0.25) is 5.91 Å². The van der Waals surface area contributed by atoms with Gasteiger partial charge in [-0.25, -0.2) is 4.79 Å². The van der Waals surface area contributed by atoms with Crippen LogP contribution in [0, 0.1) is 0 Å². The number of carbonyl (C=O) groups excluding carboxylic acids is 3. The van der Waals surface area contributed by atoms with E-state index in [1.807, 2.05) is 0 Å². The number of methoxy groups -OCH3 is 2. The summed E-state index contributed by atoms with van der Waals surface area (Å²) < 4.78 is 8.94. The summed E-state index contributed by atoms with van der Waals surface area (Å²) in [6.07, 6.45) is -0.411. The molecule has 0 spiro atoms. The van der Waals surface area contributed by atoms with Crippen LogP contribution in [0.5, 0.6) is 0 Å². The Bertz CT molecular complexity index is 469. The molecule has 0 aliphatic rings. The minimum atomic E-state index is -0.650. The lowest BCUT2D eigenvalue weighted by molar-refractivity contribution is -0.142. The molecule has 0 aromatic heterocycles. The number of ether oxygens (including phenoxy) is 2. The summed E-state index contributed by atoms with van der Waals surface area (Å²) in [6, 6.07) is 6.35. The van der Waals surface area contributed by atoms with Gasteiger partial charge < -0.3 is 14.8 Å². The molecule has 1 N–H and O–H groups in total. The van der Waals surface area contributed by atoms with Gasteiger partial charge in [0.25, 0.3) is 0 Å². The number of hydrogen-bond donors (Lipinski definition) is 1.